The number of aliphatic imine (C=N–C) groups is 2. The molecule has 0 bridgehead atoms. The van der Waals surface area contributed by atoms with Crippen LogP contribution in [0.15, 0.2) is 9.98 Å². The van der Waals surface area contributed by atoms with E-state index in [9.17, 15) is 4.79 Å². The van der Waals surface area contributed by atoms with Gasteiger partial charge in [0.05, 0.1) is 0 Å². The second-order valence-electron chi connectivity index (χ2n) is 3.28. The molecule has 0 radical (unpaired) electrons. The average Bonchev–Trinajstić information content (AvgIpc) is 2.46. The molecular weight excluding hydrogens is 196 g/mol. The van der Waals surface area contributed by atoms with Gasteiger partial charge in [-0.15, -0.1) is 0 Å². The number of nitrogens with two attached hydrogens (primary N) is 3. The van der Waals surface area contributed by atoms with E-state index in [-0.39, 0.29) is 23.9 Å². The molecule has 0 aromatic heterocycles. The minimum Gasteiger partial charge on any atom is -0.370 e. The van der Waals surface area contributed by atoms with Gasteiger partial charge in [0.2, 0.25) is 5.96 Å². The predicted molar refractivity (Wildman–Crippen MR) is 58.1 cm³/mol. The average molecular weight is 212 g/mol. The van der Waals surface area contributed by atoms with Crippen molar-refractivity contribution >= 4 is 17.8 Å². The Bertz CT molecular complexity index is 294. The number of nitrogens with zero attached hydrogens (tertiary/aromatic N) is 2. The van der Waals surface area contributed by atoms with Crippen LogP contribution in [0.1, 0.15) is 19.3 Å². The van der Waals surface area contributed by atoms with Gasteiger partial charge in [-0.3, -0.25) is 10.1 Å². The van der Waals surface area contributed by atoms with E-state index < -0.39 is 0 Å². The predicted octanol–water partition coefficient (Wildman–Crippen LogP) is -1.76. The standard InChI is InChI=1S/C8H16N6O/c9-4-2-1-3-5-6(15)13-8(12-5)14-7(10)11/h5H,1-4,9H2,(H5,10,11,12,13,14,15). The number of rotatable bonds is 4. The Labute approximate surface area is 87.8 Å². The van der Waals surface area contributed by atoms with Gasteiger partial charge in [-0.05, 0) is 25.8 Å². The second-order valence-corrected chi connectivity index (χ2v) is 3.28. The Morgan fingerprint density at radius 1 is 1.47 bits per heavy atom. The van der Waals surface area contributed by atoms with Gasteiger partial charge in [0.15, 0.2) is 5.96 Å². The fourth-order valence-electron chi connectivity index (χ4n) is 1.29. The second kappa shape index (κ2) is 5.30. The molecule has 1 aliphatic heterocycles. The van der Waals surface area contributed by atoms with Crippen LogP contribution in [0.5, 0.6) is 0 Å². The Morgan fingerprint density at radius 2 is 2.20 bits per heavy atom. The van der Waals surface area contributed by atoms with Crippen molar-refractivity contribution in [2.75, 3.05) is 6.54 Å². The van der Waals surface area contributed by atoms with Gasteiger partial charge < -0.3 is 17.2 Å². The summed E-state index contributed by atoms with van der Waals surface area (Å²) in [5, 5.41) is 2.49. The molecule has 0 aromatic carbocycles. The van der Waals surface area contributed by atoms with E-state index in [1.54, 1.807) is 0 Å². The van der Waals surface area contributed by atoms with Crippen molar-refractivity contribution in [3.63, 3.8) is 0 Å². The molecule has 7 nitrogen and oxygen atoms in total. The molecule has 0 saturated heterocycles. The van der Waals surface area contributed by atoms with Gasteiger partial charge in [-0.25, -0.2) is 4.99 Å². The maximum Gasteiger partial charge on any atom is 0.251 e. The Hall–Kier alpha value is -1.63. The van der Waals surface area contributed by atoms with Crippen LogP contribution in [0.3, 0.4) is 0 Å². The molecule has 0 aromatic rings. The quantitative estimate of drug-likeness (QED) is 0.250. The molecule has 1 atom stereocenters. The van der Waals surface area contributed by atoms with Crippen molar-refractivity contribution < 1.29 is 4.79 Å². The Balaban J connectivity index is 2.48. The van der Waals surface area contributed by atoms with Crippen molar-refractivity contribution in [3.8, 4) is 0 Å². The monoisotopic (exact) mass is 212 g/mol. The summed E-state index contributed by atoms with van der Waals surface area (Å²) in [4.78, 5) is 19.1. The van der Waals surface area contributed by atoms with E-state index in [2.05, 4.69) is 15.3 Å². The third-order valence-corrected chi connectivity index (χ3v) is 1.98. The van der Waals surface area contributed by atoms with Gasteiger partial charge in [0.1, 0.15) is 6.04 Å². The topological polar surface area (TPSA) is 132 Å². The first-order valence-electron chi connectivity index (χ1n) is 4.82. The van der Waals surface area contributed by atoms with Crippen LogP contribution in [0.4, 0.5) is 0 Å². The van der Waals surface area contributed by atoms with Crippen LogP contribution >= 0.6 is 0 Å². The molecule has 84 valence electrons. The minimum atomic E-state index is -0.380. The highest BCUT2D eigenvalue weighted by molar-refractivity contribution is 6.08. The lowest BCUT2D eigenvalue weighted by atomic mass is 10.1. The molecule has 0 aliphatic carbocycles. The molecule has 1 unspecified atom stereocenters. The van der Waals surface area contributed by atoms with Gasteiger partial charge >= 0.3 is 0 Å². The first-order valence-corrected chi connectivity index (χ1v) is 4.82. The molecular formula is C8H16N6O. The first kappa shape index (κ1) is 11.4. The van der Waals surface area contributed by atoms with Crippen LogP contribution in [0.2, 0.25) is 0 Å². The highest BCUT2D eigenvalue weighted by Gasteiger charge is 2.25. The SMILES string of the molecule is NCCCCC1N=C(N=C(N)N)NC1=O. The fraction of sp³-hybridized carbons (Fsp3) is 0.625. The van der Waals surface area contributed by atoms with Crippen LogP contribution < -0.4 is 22.5 Å². The Kier molecular flexibility index (Phi) is 4.04. The van der Waals surface area contributed by atoms with E-state index in [1.165, 1.54) is 0 Å². The summed E-state index contributed by atoms with van der Waals surface area (Å²) in [6.07, 6.45) is 2.43. The van der Waals surface area contributed by atoms with Crippen molar-refractivity contribution in [1.29, 1.82) is 0 Å². The molecule has 15 heavy (non-hydrogen) atoms. The zero-order valence-electron chi connectivity index (χ0n) is 8.44. The van der Waals surface area contributed by atoms with Crippen LogP contribution in [-0.4, -0.2) is 30.4 Å². The molecule has 1 heterocycles. The third kappa shape index (κ3) is 3.55. The summed E-state index contributed by atoms with van der Waals surface area (Å²) in [6.45, 7) is 0.624. The molecule has 7 heteroatoms. The Morgan fingerprint density at radius 3 is 2.80 bits per heavy atom. The lowest BCUT2D eigenvalue weighted by Crippen LogP contribution is -2.31. The normalized spacial score (nSPS) is 19.7. The zero-order valence-corrected chi connectivity index (χ0v) is 8.44. The van der Waals surface area contributed by atoms with Gasteiger partial charge in [0, 0.05) is 0 Å². The van der Waals surface area contributed by atoms with Crippen LogP contribution in [0, 0.1) is 0 Å². The summed E-state index contributed by atoms with van der Waals surface area (Å²) >= 11 is 0. The molecule has 0 saturated carbocycles. The van der Waals surface area contributed by atoms with E-state index in [4.69, 9.17) is 17.2 Å². The van der Waals surface area contributed by atoms with Crippen molar-refractivity contribution in [1.82, 2.24) is 5.32 Å². The minimum absolute atomic E-state index is 0.114. The van der Waals surface area contributed by atoms with E-state index >= 15 is 0 Å². The molecule has 7 N–H and O–H groups in total. The largest absolute Gasteiger partial charge is 0.370 e. The van der Waals surface area contributed by atoms with Gasteiger partial charge in [-0.2, -0.15) is 4.99 Å². The molecule has 1 amide bonds. The van der Waals surface area contributed by atoms with E-state index in [0.29, 0.717) is 13.0 Å². The number of amides is 1. The van der Waals surface area contributed by atoms with Gasteiger partial charge in [0.25, 0.3) is 5.91 Å². The van der Waals surface area contributed by atoms with Crippen molar-refractivity contribution in [2.24, 2.45) is 27.2 Å². The highest BCUT2D eigenvalue weighted by atomic mass is 16.2. The van der Waals surface area contributed by atoms with Crippen molar-refractivity contribution in [3.05, 3.63) is 0 Å². The third-order valence-electron chi connectivity index (χ3n) is 1.98. The maximum atomic E-state index is 11.4. The summed E-state index contributed by atoms with van der Waals surface area (Å²) in [7, 11) is 0. The van der Waals surface area contributed by atoms with E-state index in [1.807, 2.05) is 0 Å². The van der Waals surface area contributed by atoms with Crippen LogP contribution in [-0.2, 0) is 4.79 Å². The van der Waals surface area contributed by atoms with Gasteiger partial charge in [-0.1, -0.05) is 0 Å². The smallest absolute Gasteiger partial charge is 0.251 e. The molecule has 0 fully saturated rings. The molecule has 0 spiro atoms. The summed E-state index contributed by atoms with van der Waals surface area (Å²) in [6, 6.07) is -0.380. The lowest BCUT2D eigenvalue weighted by Gasteiger charge is -2.02. The number of guanidine groups is 2. The zero-order chi connectivity index (χ0) is 11.3. The number of unbranched alkanes of at least 4 members (excludes halogenated alkanes) is 1. The summed E-state index contributed by atoms with van der Waals surface area (Å²) in [5.41, 5.74) is 15.7. The molecule has 1 aliphatic rings. The first-order chi connectivity index (χ1) is 7.13. The number of nitrogens with one attached hydrogen (secondary N) is 1. The summed E-state index contributed by atoms with van der Waals surface area (Å²) in [5.74, 6) is -0.0820. The van der Waals surface area contributed by atoms with E-state index in [0.717, 1.165) is 12.8 Å². The fourth-order valence-corrected chi connectivity index (χ4v) is 1.29. The highest BCUT2D eigenvalue weighted by Crippen LogP contribution is 2.09. The number of hydrogen-bond acceptors (Lipinski definition) is 4. The number of hydrogen-bond donors (Lipinski definition) is 4. The number of carbonyl (C=O) groups is 1. The maximum absolute atomic E-state index is 11.4. The van der Waals surface area contributed by atoms with Crippen LogP contribution in [0.25, 0.3) is 0 Å². The number of carbonyl (C=O) groups excluding carboxylic acids is 1. The lowest BCUT2D eigenvalue weighted by molar-refractivity contribution is -0.120. The van der Waals surface area contributed by atoms with Crippen molar-refractivity contribution in [2.45, 2.75) is 25.3 Å². The summed E-state index contributed by atoms with van der Waals surface area (Å²) < 4.78 is 0. The molecule has 1 rings (SSSR count).